The van der Waals surface area contributed by atoms with Gasteiger partial charge in [-0.1, -0.05) is 43.3 Å². The zero-order valence-corrected chi connectivity index (χ0v) is 15.5. The molecule has 0 aliphatic carbocycles. The van der Waals surface area contributed by atoms with E-state index in [0.717, 1.165) is 51.0 Å². The fraction of sp³-hybridized carbons (Fsp3) is 0.0769. The Bertz CT molecular complexity index is 1400. The van der Waals surface area contributed by atoms with Crippen molar-refractivity contribution in [3.05, 3.63) is 93.9 Å². The summed E-state index contributed by atoms with van der Waals surface area (Å²) in [7, 11) is 0. The van der Waals surface area contributed by atoms with Crippen LogP contribution in [0, 0.1) is 0 Å². The second-order valence-electron chi connectivity index (χ2n) is 7.27. The number of aryl methyl sites for hydroxylation is 1. The van der Waals surface area contributed by atoms with E-state index in [0.29, 0.717) is 0 Å². The van der Waals surface area contributed by atoms with Gasteiger partial charge in [0.15, 0.2) is 0 Å². The molecule has 4 aromatic rings. The summed E-state index contributed by atoms with van der Waals surface area (Å²) in [5.41, 5.74) is 3.49. The van der Waals surface area contributed by atoms with Gasteiger partial charge in [0.2, 0.25) is 0 Å². The molecule has 4 aromatic carbocycles. The maximum absolute atomic E-state index is 6.34. The highest BCUT2D eigenvalue weighted by Gasteiger charge is 2.18. The van der Waals surface area contributed by atoms with Gasteiger partial charge in [-0.3, -0.25) is 0 Å². The predicted octanol–water partition coefficient (Wildman–Crippen LogP) is 5.27. The summed E-state index contributed by atoms with van der Waals surface area (Å²) in [6.07, 6.45) is 5.43. The number of hydrogen-bond acceptors (Lipinski definition) is 2. The Kier molecular flexibility index (Phi) is 3.18. The Hall–Kier alpha value is -3.52. The van der Waals surface area contributed by atoms with E-state index >= 15 is 0 Å². The lowest BCUT2D eigenvalue weighted by Gasteiger charge is -2.20. The van der Waals surface area contributed by atoms with Crippen molar-refractivity contribution < 1.29 is 9.47 Å². The molecule has 0 saturated carbocycles. The Balaban J connectivity index is 1.67. The van der Waals surface area contributed by atoms with Gasteiger partial charge in [0.25, 0.3) is 0 Å². The van der Waals surface area contributed by atoms with Gasteiger partial charge in [-0.05, 0) is 65.2 Å². The predicted molar refractivity (Wildman–Crippen MR) is 113 cm³/mol. The second-order valence-corrected chi connectivity index (χ2v) is 7.27. The SMILES string of the molecule is CCc1cccc2c1Oc1ccc3c4c(ccc3c1=C2)Oc1ccccc1C=4. The van der Waals surface area contributed by atoms with Crippen LogP contribution in [-0.2, 0) is 6.42 Å². The number of rotatable bonds is 1. The molecule has 6 rings (SSSR count). The highest BCUT2D eigenvalue weighted by molar-refractivity contribution is 5.91. The van der Waals surface area contributed by atoms with Gasteiger partial charge >= 0.3 is 0 Å². The first kappa shape index (κ1) is 15.5. The average Bonchev–Trinajstić information content (AvgIpc) is 2.75. The van der Waals surface area contributed by atoms with Gasteiger partial charge < -0.3 is 9.47 Å². The van der Waals surface area contributed by atoms with E-state index in [-0.39, 0.29) is 0 Å². The van der Waals surface area contributed by atoms with Crippen molar-refractivity contribution in [2.45, 2.75) is 13.3 Å². The van der Waals surface area contributed by atoms with Crippen LogP contribution in [-0.4, -0.2) is 0 Å². The van der Waals surface area contributed by atoms with Gasteiger partial charge in [-0.15, -0.1) is 0 Å². The number of benzene rings is 4. The molecular weight excluding hydrogens is 344 g/mol. The van der Waals surface area contributed by atoms with Crippen LogP contribution in [0.2, 0.25) is 0 Å². The van der Waals surface area contributed by atoms with Crippen molar-refractivity contribution >= 4 is 22.9 Å². The minimum Gasteiger partial charge on any atom is -0.456 e. The summed E-state index contributed by atoms with van der Waals surface area (Å²) in [6.45, 7) is 2.16. The van der Waals surface area contributed by atoms with Crippen LogP contribution in [0.4, 0.5) is 0 Å². The summed E-state index contributed by atoms with van der Waals surface area (Å²) in [5.74, 6) is 3.70. The summed E-state index contributed by atoms with van der Waals surface area (Å²) in [6, 6.07) is 23.0. The molecule has 0 bridgehead atoms. The Morgan fingerprint density at radius 1 is 0.607 bits per heavy atom. The van der Waals surface area contributed by atoms with Crippen LogP contribution in [0.15, 0.2) is 66.7 Å². The molecule has 2 aliphatic rings. The normalized spacial score (nSPS) is 13.0. The third-order valence-corrected chi connectivity index (χ3v) is 5.66. The van der Waals surface area contributed by atoms with E-state index in [4.69, 9.17) is 9.47 Å². The van der Waals surface area contributed by atoms with Crippen molar-refractivity contribution in [3.8, 4) is 23.0 Å². The maximum Gasteiger partial charge on any atom is 0.137 e. The summed E-state index contributed by atoms with van der Waals surface area (Å²) < 4.78 is 12.5. The molecule has 134 valence electrons. The largest absolute Gasteiger partial charge is 0.456 e. The number of hydrogen-bond donors (Lipinski definition) is 0. The standard InChI is InChI=1S/C26H18O2/c1-2-16-7-5-8-18-15-22-20-10-12-24-21(14-17-6-3-4-9-23(17)27-24)19(20)11-13-25(22)28-26(16)18/h3-15H,2H2,1H3. The molecule has 0 amide bonds. The smallest absolute Gasteiger partial charge is 0.137 e. The summed E-state index contributed by atoms with van der Waals surface area (Å²) in [5, 5.41) is 4.62. The maximum atomic E-state index is 6.34. The number of fused-ring (bicyclic) bond motifs is 7. The summed E-state index contributed by atoms with van der Waals surface area (Å²) >= 11 is 0. The van der Waals surface area contributed by atoms with Gasteiger partial charge in [0, 0.05) is 21.6 Å². The van der Waals surface area contributed by atoms with E-state index in [1.165, 1.54) is 16.3 Å². The molecular formula is C26H18O2. The zero-order chi connectivity index (χ0) is 18.7. The first-order chi connectivity index (χ1) is 13.8. The summed E-state index contributed by atoms with van der Waals surface area (Å²) in [4.78, 5) is 0. The lowest BCUT2D eigenvalue weighted by atomic mass is 9.98. The van der Waals surface area contributed by atoms with Gasteiger partial charge in [0.05, 0.1) is 0 Å². The molecule has 0 N–H and O–H groups in total. The van der Waals surface area contributed by atoms with Crippen LogP contribution in [0.5, 0.6) is 23.0 Å². The third kappa shape index (κ3) is 2.15. The number of para-hydroxylation sites is 2. The molecule has 2 heterocycles. The van der Waals surface area contributed by atoms with Crippen molar-refractivity contribution in [2.75, 3.05) is 0 Å². The first-order valence-corrected chi connectivity index (χ1v) is 9.67. The topological polar surface area (TPSA) is 18.5 Å². The monoisotopic (exact) mass is 362 g/mol. The van der Waals surface area contributed by atoms with Gasteiger partial charge in [0.1, 0.15) is 23.0 Å². The van der Waals surface area contributed by atoms with Crippen molar-refractivity contribution in [1.82, 2.24) is 0 Å². The van der Waals surface area contributed by atoms with E-state index in [1.807, 2.05) is 18.2 Å². The molecule has 0 radical (unpaired) electrons. The third-order valence-electron chi connectivity index (χ3n) is 5.66. The second kappa shape index (κ2) is 5.74. The van der Waals surface area contributed by atoms with Gasteiger partial charge in [-0.2, -0.15) is 0 Å². The van der Waals surface area contributed by atoms with Crippen LogP contribution in [0.3, 0.4) is 0 Å². The van der Waals surface area contributed by atoms with E-state index in [1.54, 1.807) is 0 Å². The molecule has 2 aliphatic heterocycles. The molecule has 0 atom stereocenters. The molecule has 2 nitrogen and oxygen atoms in total. The molecule has 0 unspecified atom stereocenters. The highest BCUT2D eigenvalue weighted by atomic mass is 16.5. The Morgan fingerprint density at radius 2 is 1.29 bits per heavy atom. The quantitative estimate of drug-likeness (QED) is 0.397. The minimum absolute atomic E-state index is 0.900. The van der Waals surface area contributed by atoms with E-state index < -0.39 is 0 Å². The molecule has 28 heavy (non-hydrogen) atoms. The fourth-order valence-corrected chi connectivity index (χ4v) is 4.24. The first-order valence-electron chi connectivity index (χ1n) is 9.67. The Labute approximate surface area is 163 Å². The molecule has 0 saturated heterocycles. The molecule has 0 aromatic heterocycles. The van der Waals surface area contributed by atoms with Gasteiger partial charge in [-0.25, -0.2) is 0 Å². The van der Waals surface area contributed by atoms with Crippen LogP contribution in [0.25, 0.3) is 22.9 Å². The minimum atomic E-state index is 0.900. The molecule has 0 spiro atoms. The molecule has 0 fully saturated rings. The molecule has 2 heteroatoms. The van der Waals surface area contributed by atoms with E-state index in [2.05, 4.69) is 67.6 Å². The van der Waals surface area contributed by atoms with Crippen molar-refractivity contribution in [3.63, 3.8) is 0 Å². The van der Waals surface area contributed by atoms with Crippen LogP contribution in [0.1, 0.15) is 23.6 Å². The van der Waals surface area contributed by atoms with Crippen molar-refractivity contribution in [1.29, 1.82) is 0 Å². The lowest BCUT2D eigenvalue weighted by Crippen LogP contribution is -2.18. The van der Waals surface area contributed by atoms with Crippen LogP contribution >= 0.6 is 0 Å². The van der Waals surface area contributed by atoms with E-state index in [9.17, 15) is 0 Å². The highest BCUT2D eigenvalue weighted by Crippen LogP contribution is 2.34. The lowest BCUT2D eigenvalue weighted by molar-refractivity contribution is 0.468. The number of ether oxygens (including phenoxy) is 2. The zero-order valence-electron chi connectivity index (χ0n) is 15.5. The average molecular weight is 362 g/mol. The fourth-order valence-electron chi connectivity index (χ4n) is 4.24. The van der Waals surface area contributed by atoms with Crippen molar-refractivity contribution in [2.24, 2.45) is 0 Å². The van der Waals surface area contributed by atoms with Crippen LogP contribution < -0.4 is 19.9 Å². The Morgan fingerprint density at radius 3 is 2.07 bits per heavy atom.